The van der Waals surface area contributed by atoms with Gasteiger partial charge in [-0.1, -0.05) is 5.21 Å². The summed E-state index contributed by atoms with van der Waals surface area (Å²) in [7, 11) is 1.39. The molecule has 0 aliphatic heterocycles. The lowest BCUT2D eigenvalue weighted by Crippen LogP contribution is -2.37. The van der Waals surface area contributed by atoms with Crippen LogP contribution in [0.25, 0.3) is 5.69 Å². The molecule has 0 fully saturated rings. The SMILES string of the molecule is CNC(=O)c1cc(Oc2ccc(NC(=O)Nc3cc(C(F)(F)F)ccc3-[n+]3ccn[nH]3)cc2)cc[n+]1[O-]. The minimum Gasteiger partial charge on any atom is -0.618 e. The topological polar surface area (TPSA) is 139 Å². The number of H-pyrrole nitrogens is 1. The second-order valence-corrected chi connectivity index (χ2v) is 7.49. The minimum absolute atomic E-state index is 0.104. The maximum absolute atomic E-state index is 13.2. The van der Waals surface area contributed by atoms with Crippen LogP contribution in [-0.2, 0) is 6.18 Å². The number of halogens is 3. The summed E-state index contributed by atoms with van der Waals surface area (Å²) in [6.07, 6.45) is -0.596. The molecule has 190 valence electrons. The average molecular weight is 514 g/mol. The number of nitrogens with one attached hydrogen (secondary N) is 4. The molecule has 0 spiro atoms. The van der Waals surface area contributed by atoms with Crippen LogP contribution in [0, 0.1) is 5.21 Å². The number of pyridine rings is 1. The predicted molar refractivity (Wildman–Crippen MR) is 123 cm³/mol. The Bertz CT molecular complexity index is 1430. The van der Waals surface area contributed by atoms with Crippen molar-refractivity contribution in [2.45, 2.75) is 6.18 Å². The van der Waals surface area contributed by atoms with E-state index in [0.717, 1.165) is 18.3 Å². The normalized spacial score (nSPS) is 11.0. The smallest absolute Gasteiger partial charge is 0.416 e. The van der Waals surface area contributed by atoms with E-state index >= 15 is 0 Å². The summed E-state index contributed by atoms with van der Waals surface area (Å²) >= 11 is 0. The fourth-order valence-electron chi connectivity index (χ4n) is 3.24. The highest BCUT2D eigenvalue weighted by molar-refractivity contribution is 6.00. The number of hydrogen-bond donors (Lipinski definition) is 4. The molecule has 0 unspecified atom stereocenters. The van der Waals surface area contributed by atoms with Crippen molar-refractivity contribution < 1.29 is 36.9 Å². The van der Waals surface area contributed by atoms with Gasteiger partial charge in [0.1, 0.15) is 11.5 Å². The summed E-state index contributed by atoms with van der Waals surface area (Å²) < 4.78 is 47.0. The second-order valence-electron chi connectivity index (χ2n) is 7.49. The third-order valence-electron chi connectivity index (χ3n) is 4.99. The van der Waals surface area contributed by atoms with Gasteiger partial charge in [-0.3, -0.25) is 4.79 Å². The summed E-state index contributed by atoms with van der Waals surface area (Å²) in [6.45, 7) is 0. The van der Waals surface area contributed by atoms with Crippen molar-refractivity contribution >= 4 is 23.3 Å². The number of hydrogen-bond acceptors (Lipinski definition) is 5. The van der Waals surface area contributed by atoms with E-state index < -0.39 is 23.7 Å². The number of nitrogens with zero attached hydrogens (tertiary/aromatic N) is 3. The Labute approximate surface area is 207 Å². The average Bonchev–Trinajstić information content (AvgIpc) is 3.40. The molecule has 4 rings (SSSR count). The van der Waals surface area contributed by atoms with Gasteiger partial charge in [-0.15, -0.1) is 4.68 Å². The van der Waals surface area contributed by atoms with Gasteiger partial charge in [0, 0.05) is 23.9 Å². The molecule has 0 bridgehead atoms. The van der Waals surface area contributed by atoms with Crippen LogP contribution < -0.4 is 30.1 Å². The fourth-order valence-corrected chi connectivity index (χ4v) is 3.24. The van der Waals surface area contributed by atoms with E-state index in [4.69, 9.17) is 4.74 Å². The van der Waals surface area contributed by atoms with Gasteiger partial charge in [0.2, 0.25) is 6.20 Å². The zero-order chi connectivity index (χ0) is 26.6. The molecule has 0 atom stereocenters. The highest BCUT2D eigenvalue weighted by Gasteiger charge is 2.32. The molecule has 0 saturated carbocycles. The Morgan fingerprint density at radius 2 is 1.76 bits per heavy atom. The van der Waals surface area contributed by atoms with E-state index in [1.54, 1.807) is 0 Å². The number of carbonyl (C=O) groups excluding carboxylic acids is 2. The van der Waals surface area contributed by atoms with Crippen LogP contribution >= 0.6 is 0 Å². The Kier molecular flexibility index (Phi) is 6.90. The number of urea groups is 1. The molecule has 0 aliphatic rings. The Morgan fingerprint density at radius 1 is 1.00 bits per heavy atom. The number of amides is 3. The van der Waals surface area contributed by atoms with E-state index in [2.05, 4.69) is 26.3 Å². The minimum atomic E-state index is -4.60. The van der Waals surface area contributed by atoms with E-state index in [1.165, 1.54) is 66.6 Å². The molecule has 14 heteroatoms. The fraction of sp³-hybridized carbons (Fsp3) is 0.0870. The van der Waals surface area contributed by atoms with Crippen LogP contribution in [0.15, 0.2) is 73.2 Å². The molecule has 2 aromatic carbocycles. The zero-order valence-corrected chi connectivity index (χ0v) is 19.0. The molecule has 11 nitrogen and oxygen atoms in total. The molecule has 0 radical (unpaired) electrons. The zero-order valence-electron chi connectivity index (χ0n) is 19.0. The van der Waals surface area contributed by atoms with Crippen molar-refractivity contribution in [2.24, 2.45) is 0 Å². The van der Waals surface area contributed by atoms with Crippen molar-refractivity contribution in [1.29, 1.82) is 0 Å². The molecule has 37 heavy (non-hydrogen) atoms. The lowest BCUT2D eigenvalue weighted by molar-refractivity contribution is -0.658. The van der Waals surface area contributed by atoms with Crippen LogP contribution in [0.4, 0.5) is 29.3 Å². The number of anilines is 2. The van der Waals surface area contributed by atoms with E-state index in [1.807, 2.05) is 0 Å². The lowest BCUT2D eigenvalue weighted by atomic mass is 10.1. The van der Waals surface area contributed by atoms with E-state index in [0.29, 0.717) is 16.2 Å². The monoisotopic (exact) mass is 514 g/mol. The molecule has 0 aliphatic carbocycles. The van der Waals surface area contributed by atoms with Crippen molar-refractivity contribution in [2.75, 3.05) is 17.7 Å². The van der Waals surface area contributed by atoms with Crippen LogP contribution in [0.3, 0.4) is 0 Å². The molecule has 2 aromatic heterocycles. The van der Waals surface area contributed by atoms with Crippen molar-refractivity contribution in [3.8, 4) is 17.2 Å². The number of ether oxygens (including phenoxy) is 1. The van der Waals surface area contributed by atoms with Crippen LogP contribution in [-0.4, -0.2) is 29.3 Å². The third kappa shape index (κ3) is 5.93. The highest BCUT2D eigenvalue weighted by atomic mass is 19.4. The summed E-state index contributed by atoms with van der Waals surface area (Å²) in [5.74, 6) is -0.00771. The number of benzene rings is 2. The molecule has 0 saturated heterocycles. The molecular formula is C23H19F3N7O4+. The van der Waals surface area contributed by atoms with Gasteiger partial charge >= 0.3 is 18.1 Å². The number of carbonyl (C=O) groups is 2. The van der Waals surface area contributed by atoms with Crippen molar-refractivity contribution in [3.63, 3.8) is 0 Å². The number of aromatic nitrogens is 4. The number of alkyl halides is 3. The van der Waals surface area contributed by atoms with Crippen molar-refractivity contribution in [1.82, 2.24) is 15.6 Å². The molecule has 2 heterocycles. The van der Waals surface area contributed by atoms with Gasteiger partial charge in [-0.2, -0.15) is 17.9 Å². The Morgan fingerprint density at radius 3 is 2.41 bits per heavy atom. The Hall–Kier alpha value is -5.14. The molecule has 4 aromatic rings. The van der Waals surface area contributed by atoms with Gasteiger partial charge in [-0.25, -0.2) is 4.79 Å². The first-order valence-electron chi connectivity index (χ1n) is 10.6. The standard InChI is InChI=1S/C23H18F3N7O4/c1-27-21(34)20-13-17(8-10-33(20)36)37-16-5-3-15(4-6-16)29-22(35)30-18-12-14(23(24,25)26)2-7-19(18)32-11-9-28-31-32/h2-13H,1H3,(H3,27,29,30,34,35)/p+1. The largest absolute Gasteiger partial charge is 0.618 e. The first-order valence-corrected chi connectivity index (χ1v) is 10.6. The second kappa shape index (κ2) is 10.2. The van der Waals surface area contributed by atoms with E-state index in [9.17, 15) is 28.0 Å². The van der Waals surface area contributed by atoms with Gasteiger partial charge in [-0.05, 0) is 42.5 Å². The Balaban J connectivity index is 1.47. The molecule has 3 amide bonds. The quantitative estimate of drug-likeness (QED) is 0.231. The van der Waals surface area contributed by atoms with Gasteiger partial charge in [0.25, 0.3) is 5.69 Å². The van der Waals surface area contributed by atoms with Gasteiger partial charge < -0.3 is 25.9 Å². The maximum Gasteiger partial charge on any atom is 0.416 e. The van der Waals surface area contributed by atoms with Crippen LogP contribution in [0.5, 0.6) is 11.5 Å². The van der Waals surface area contributed by atoms with Gasteiger partial charge in [0.15, 0.2) is 18.1 Å². The van der Waals surface area contributed by atoms with Crippen molar-refractivity contribution in [3.05, 3.63) is 89.7 Å². The summed E-state index contributed by atoms with van der Waals surface area (Å²) in [5, 5.41) is 25.4. The molecular weight excluding hydrogens is 495 g/mol. The highest BCUT2D eigenvalue weighted by Crippen LogP contribution is 2.32. The van der Waals surface area contributed by atoms with E-state index in [-0.39, 0.29) is 22.8 Å². The number of aromatic amines is 1. The molecule has 4 N–H and O–H groups in total. The van der Waals surface area contributed by atoms with Gasteiger partial charge in [0.05, 0.1) is 17.3 Å². The first-order chi connectivity index (χ1) is 17.6. The summed E-state index contributed by atoms with van der Waals surface area (Å²) in [4.78, 5) is 24.3. The first kappa shape index (κ1) is 25.0. The van der Waals surface area contributed by atoms with Crippen LogP contribution in [0.1, 0.15) is 16.1 Å². The third-order valence-corrected chi connectivity index (χ3v) is 4.99. The van der Waals surface area contributed by atoms with Crippen LogP contribution in [0.2, 0.25) is 0 Å². The predicted octanol–water partition coefficient (Wildman–Crippen LogP) is 3.13. The lowest BCUT2D eigenvalue weighted by Gasteiger charge is -2.13. The summed E-state index contributed by atoms with van der Waals surface area (Å²) in [5.41, 5.74) is -0.631. The number of rotatable bonds is 6. The maximum atomic E-state index is 13.2. The summed E-state index contributed by atoms with van der Waals surface area (Å²) in [6, 6.07) is 10.8.